The van der Waals surface area contributed by atoms with Gasteiger partial charge in [-0.25, -0.2) is 0 Å². The summed E-state index contributed by atoms with van der Waals surface area (Å²) in [6.07, 6.45) is -0.313. The van der Waals surface area contributed by atoms with Gasteiger partial charge in [0.15, 0.2) is 5.78 Å². The number of hydrogen-bond acceptors (Lipinski definition) is 3. The smallest absolute Gasteiger partial charge is 0.320 e. The van der Waals surface area contributed by atoms with Crippen LogP contribution < -0.4 is 0 Å². The fourth-order valence-electron chi connectivity index (χ4n) is 3.59. The van der Waals surface area contributed by atoms with Crippen LogP contribution in [0.4, 0.5) is 0 Å². The zero-order valence-electron chi connectivity index (χ0n) is 14.9. The molecule has 5 heteroatoms. The summed E-state index contributed by atoms with van der Waals surface area (Å²) in [5.41, 5.74) is -0.361. The van der Waals surface area contributed by atoms with E-state index in [-0.39, 0.29) is 5.78 Å². The molecule has 3 nitrogen and oxygen atoms in total. The van der Waals surface area contributed by atoms with E-state index in [1.54, 1.807) is 31.2 Å². The van der Waals surface area contributed by atoms with Crippen LogP contribution in [0.5, 0.6) is 0 Å². The van der Waals surface area contributed by atoms with Crippen LogP contribution >= 0.6 is 27.5 Å². The summed E-state index contributed by atoms with van der Waals surface area (Å²) in [5, 5.41) is 0.597. The van der Waals surface area contributed by atoms with Gasteiger partial charge in [0, 0.05) is 9.50 Å². The van der Waals surface area contributed by atoms with Gasteiger partial charge >= 0.3 is 5.97 Å². The molecule has 0 aromatic heterocycles. The van der Waals surface area contributed by atoms with Crippen molar-refractivity contribution >= 4 is 39.3 Å². The van der Waals surface area contributed by atoms with Gasteiger partial charge in [0.2, 0.25) is 0 Å². The average Bonchev–Trinajstić information content (AvgIpc) is 2.60. The first-order valence-corrected chi connectivity index (χ1v) is 9.57. The van der Waals surface area contributed by atoms with Crippen LogP contribution in [-0.4, -0.2) is 11.8 Å². The van der Waals surface area contributed by atoms with Crippen molar-refractivity contribution in [3.63, 3.8) is 0 Å². The number of halogens is 2. The van der Waals surface area contributed by atoms with E-state index < -0.39 is 22.9 Å². The van der Waals surface area contributed by atoms with Crippen molar-refractivity contribution in [1.82, 2.24) is 0 Å². The van der Waals surface area contributed by atoms with E-state index in [2.05, 4.69) is 15.9 Å². The molecule has 0 saturated carbocycles. The minimum absolute atomic E-state index is 0.107. The molecular formula is C21H20BrClO3. The average molecular weight is 436 g/mol. The number of benzene rings is 2. The molecular weight excluding hydrogens is 416 g/mol. The van der Waals surface area contributed by atoms with Gasteiger partial charge in [-0.2, -0.15) is 0 Å². The molecule has 3 rings (SSSR count). The summed E-state index contributed by atoms with van der Waals surface area (Å²) in [6, 6.07) is 14.7. The van der Waals surface area contributed by atoms with E-state index in [0.717, 1.165) is 15.6 Å². The third kappa shape index (κ3) is 3.33. The van der Waals surface area contributed by atoms with Crippen molar-refractivity contribution in [2.45, 2.75) is 33.3 Å². The molecule has 1 fully saturated rings. The van der Waals surface area contributed by atoms with Crippen molar-refractivity contribution < 1.29 is 14.3 Å². The van der Waals surface area contributed by atoms with E-state index in [9.17, 15) is 9.59 Å². The van der Waals surface area contributed by atoms with Gasteiger partial charge in [-0.1, -0.05) is 51.8 Å². The predicted molar refractivity (Wildman–Crippen MR) is 105 cm³/mol. The second-order valence-electron chi connectivity index (χ2n) is 7.52. The highest BCUT2D eigenvalue weighted by atomic mass is 79.9. The molecule has 1 aliphatic rings. The molecule has 0 amide bonds. The highest BCUT2D eigenvalue weighted by molar-refractivity contribution is 9.10. The summed E-state index contributed by atoms with van der Waals surface area (Å²) >= 11 is 9.34. The van der Waals surface area contributed by atoms with Crippen LogP contribution in [0.25, 0.3) is 0 Å². The minimum Gasteiger partial charge on any atom is -0.456 e. The van der Waals surface area contributed by atoms with Gasteiger partial charge in [0.1, 0.15) is 11.5 Å². The predicted octanol–water partition coefficient (Wildman–Crippen LogP) is 5.54. The number of hydrogen-bond donors (Lipinski definition) is 0. The van der Waals surface area contributed by atoms with Gasteiger partial charge in [-0.3, -0.25) is 9.59 Å². The lowest BCUT2D eigenvalue weighted by Crippen LogP contribution is -2.54. The zero-order valence-corrected chi connectivity index (χ0v) is 17.2. The molecule has 0 N–H and O–H groups in total. The van der Waals surface area contributed by atoms with Crippen LogP contribution in [0.3, 0.4) is 0 Å². The zero-order chi connectivity index (χ0) is 19.1. The van der Waals surface area contributed by atoms with Gasteiger partial charge in [0.25, 0.3) is 0 Å². The molecule has 136 valence electrons. The van der Waals surface area contributed by atoms with E-state index in [4.69, 9.17) is 16.3 Å². The summed E-state index contributed by atoms with van der Waals surface area (Å²) in [5.74, 6) is -0.589. The number of carbonyl (C=O) groups excluding carboxylic acids is 2. The van der Waals surface area contributed by atoms with Gasteiger partial charge in [-0.05, 0) is 62.6 Å². The van der Waals surface area contributed by atoms with Crippen molar-refractivity contribution in [1.29, 1.82) is 0 Å². The lowest BCUT2D eigenvalue weighted by atomic mass is 9.64. The highest BCUT2D eigenvalue weighted by Crippen LogP contribution is 2.49. The largest absolute Gasteiger partial charge is 0.456 e. The Hall–Kier alpha value is -1.65. The topological polar surface area (TPSA) is 43.4 Å². The van der Waals surface area contributed by atoms with Crippen molar-refractivity contribution in [3.8, 4) is 0 Å². The van der Waals surface area contributed by atoms with Crippen molar-refractivity contribution in [3.05, 3.63) is 69.2 Å². The molecule has 0 unspecified atom stereocenters. The second kappa shape index (κ2) is 6.82. The van der Waals surface area contributed by atoms with Gasteiger partial charge in [-0.15, -0.1) is 0 Å². The minimum atomic E-state index is -1.21. The maximum Gasteiger partial charge on any atom is 0.320 e. The first-order chi connectivity index (χ1) is 12.1. The fourth-order valence-corrected chi connectivity index (χ4v) is 3.98. The quantitative estimate of drug-likeness (QED) is 0.469. The summed E-state index contributed by atoms with van der Waals surface area (Å²) < 4.78 is 6.75. The second-order valence-corrected chi connectivity index (χ2v) is 8.88. The van der Waals surface area contributed by atoms with Gasteiger partial charge < -0.3 is 4.74 Å². The van der Waals surface area contributed by atoms with E-state index in [1.807, 2.05) is 38.1 Å². The Morgan fingerprint density at radius 1 is 1.00 bits per heavy atom. The summed E-state index contributed by atoms with van der Waals surface area (Å²) in [6.45, 7) is 5.35. The molecule has 0 bridgehead atoms. The molecule has 1 heterocycles. The first-order valence-electron chi connectivity index (χ1n) is 8.40. The Labute approximate surface area is 166 Å². The number of carbonyl (C=O) groups is 2. The molecule has 2 aromatic carbocycles. The Kier molecular flexibility index (Phi) is 5.02. The maximum atomic E-state index is 13.4. The lowest BCUT2D eigenvalue weighted by Gasteiger charge is -2.44. The summed E-state index contributed by atoms with van der Waals surface area (Å²) in [4.78, 5) is 26.2. The van der Waals surface area contributed by atoms with E-state index >= 15 is 0 Å². The fraction of sp³-hybridized carbons (Fsp3) is 0.333. The van der Waals surface area contributed by atoms with Crippen LogP contribution in [-0.2, 0) is 20.7 Å². The summed E-state index contributed by atoms with van der Waals surface area (Å²) in [7, 11) is 0. The number of rotatable bonds is 3. The Morgan fingerprint density at radius 2 is 1.58 bits per heavy atom. The molecule has 0 spiro atoms. The third-order valence-electron chi connectivity index (χ3n) is 5.06. The van der Waals surface area contributed by atoms with Crippen molar-refractivity contribution in [2.75, 3.05) is 0 Å². The number of Topliss-reactive ketones (excluding diaryl/α,β-unsaturated/α-hetero) is 1. The normalized spacial score (nSPS) is 25.0. The van der Waals surface area contributed by atoms with Crippen LogP contribution in [0.1, 0.15) is 38.0 Å². The SMILES string of the molecule is CC1(C)C(=O)[C@](C)(Cc2ccc(Br)cc2)C(=O)O[C@H]1c1ccc(Cl)cc1. The molecule has 2 atom stereocenters. The Bertz CT molecular complexity index is 843. The number of ketones is 1. The van der Waals surface area contributed by atoms with Crippen LogP contribution in [0.15, 0.2) is 53.0 Å². The monoisotopic (exact) mass is 434 g/mol. The Morgan fingerprint density at radius 3 is 2.15 bits per heavy atom. The molecule has 0 aliphatic carbocycles. The standard InChI is InChI=1S/C21H20BrClO3/c1-20(2)17(14-6-10-16(23)11-7-14)26-19(25)21(3,18(20)24)12-13-4-8-15(22)9-5-13/h4-11,17H,12H2,1-3H3/t17-,21-/m0/s1. The molecule has 26 heavy (non-hydrogen) atoms. The maximum absolute atomic E-state index is 13.4. The van der Waals surface area contributed by atoms with E-state index in [0.29, 0.717) is 11.4 Å². The number of cyclic esters (lactones) is 1. The first kappa shape index (κ1) is 19.1. The van der Waals surface area contributed by atoms with Gasteiger partial charge in [0.05, 0.1) is 5.41 Å². The lowest BCUT2D eigenvalue weighted by molar-refractivity contribution is -0.188. The molecule has 2 aromatic rings. The number of ether oxygens (including phenoxy) is 1. The Balaban J connectivity index is 1.94. The number of esters is 1. The highest BCUT2D eigenvalue weighted by Gasteiger charge is 2.57. The van der Waals surface area contributed by atoms with E-state index in [1.165, 1.54) is 0 Å². The van der Waals surface area contributed by atoms with Crippen molar-refractivity contribution in [2.24, 2.45) is 10.8 Å². The molecule has 1 aliphatic heterocycles. The molecule has 0 radical (unpaired) electrons. The third-order valence-corrected chi connectivity index (χ3v) is 5.84. The van der Waals surface area contributed by atoms with Crippen LogP contribution in [0, 0.1) is 10.8 Å². The van der Waals surface area contributed by atoms with Crippen LogP contribution in [0.2, 0.25) is 5.02 Å². The molecule has 1 saturated heterocycles.